The number of hydrogen-bond donors (Lipinski definition) is 0. The molecule has 0 atom stereocenters. The number of benzene rings is 9. The van der Waals surface area contributed by atoms with Crippen molar-refractivity contribution >= 4 is 53.5 Å². The maximum absolute atomic E-state index is 2.36. The van der Waals surface area contributed by atoms with E-state index in [1.165, 1.54) is 66.8 Å². The van der Waals surface area contributed by atoms with Crippen LogP contribution in [0.5, 0.6) is 0 Å². The summed E-state index contributed by atoms with van der Waals surface area (Å²) in [6.45, 7) is 4.67. The zero-order valence-corrected chi connectivity index (χ0v) is 36.3. The van der Waals surface area contributed by atoms with Crippen molar-refractivity contribution in [2.24, 2.45) is 0 Å². The first-order valence-electron chi connectivity index (χ1n) is 22.1. The maximum Gasteiger partial charge on any atom is 0.0462 e. The molecule has 0 amide bonds. The van der Waals surface area contributed by atoms with Crippen LogP contribution in [0.15, 0.2) is 224 Å². The van der Waals surface area contributed by atoms with Crippen LogP contribution >= 0.6 is 0 Å². The number of rotatable bonds is 11. The molecule has 0 heterocycles. The van der Waals surface area contributed by atoms with Crippen molar-refractivity contribution in [2.45, 2.75) is 19.3 Å². The number of nitrogens with zero attached hydrogens (tertiary/aromatic N) is 1. The van der Waals surface area contributed by atoms with Gasteiger partial charge < -0.3 is 4.90 Å². The molecule has 1 aliphatic rings. The molecular weight excluding hydrogens is 771 g/mol. The molecule has 0 aliphatic heterocycles. The van der Waals surface area contributed by atoms with Gasteiger partial charge in [0.2, 0.25) is 0 Å². The lowest BCUT2D eigenvalue weighted by molar-refractivity contribution is 0.660. The first-order chi connectivity index (χ1) is 31.4. The largest absolute Gasteiger partial charge is 0.311 e. The van der Waals surface area contributed by atoms with E-state index in [0.717, 1.165) is 28.2 Å². The molecule has 0 bridgehead atoms. The molecule has 1 aliphatic carbocycles. The molecule has 0 unspecified atom stereocenters. The maximum atomic E-state index is 2.36. The summed E-state index contributed by atoms with van der Waals surface area (Å²) in [5.41, 5.74) is 20.6. The minimum Gasteiger partial charge on any atom is -0.311 e. The third-order valence-corrected chi connectivity index (χ3v) is 12.5. The Morgan fingerprint density at radius 1 is 0.281 bits per heavy atom. The Balaban J connectivity index is 0.889. The minimum absolute atomic E-state index is 0.0188. The SMILES string of the molecule is CC1(C)c2ccccc2-c2ccc(C=Cc3ccc(N(c4ccc(C=Cc5ccccc5)cc4)c4ccc(-c5ccc(-c6ccc(C=Cc7ccccc7)cc6)cc5)cc4)cc3)cc21. The second-order valence-electron chi connectivity index (χ2n) is 17.1. The average Bonchev–Trinajstić information content (AvgIpc) is 3.59. The fraction of sp³-hybridized carbons (Fsp3) is 0.0476. The second-order valence-corrected chi connectivity index (χ2v) is 17.1. The van der Waals surface area contributed by atoms with Gasteiger partial charge in [-0.15, -0.1) is 0 Å². The molecule has 64 heavy (non-hydrogen) atoms. The number of hydrogen-bond acceptors (Lipinski definition) is 1. The van der Waals surface area contributed by atoms with Gasteiger partial charge in [0.25, 0.3) is 0 Å². The van der Waals surface area contributed by atoms with Gasteiger partial charge in [-0.2, -0.15) is 0 Å². The summed E-state index contributed by atoms with van der Waals surface area (Å²) in [4.78, 5) is 2.34. The molecule has 1 heteroatoms. The highest BCUT2D eigenvalue weighted by Gasteiger charge is 2.34. The molecule has 1 nitrogen and oxygen atoms in total. The summed E-state index contributed by atoms with van der Waals surface area (Å²) in [5.74, 6) is 0. The fourth-order valence-corrected chi connectivity index (χ4v) is 8.89. The number of fused-ring (bicyclic) bond motifs is 3. The van der Waals surface area contributed by atoms with E-state index >= 15 is 0 Å². The van der Waals surface area contributed by atoms with Gasteiger partial charge in [0.1, 0.15) is 0 Å². The van der Waals surface area contributed by atoms with Crippen molar-refractivity contribution in [1.82, 2.24) is 0 Å². The molecular formula is C63H49N. The third kappa shape index (κ3) is 8.58. The first kappa shape index (κ1) is 40.1. The van der Waals surface area contributed by atoms with Gasteiger partial charge in [0.05, 0.1) is 0 Å². The van der Waals surface area contributed by atoms with Gasteiger partial charge >= 0.3 is 0 Å². The predicted octanol–water partition coefficient (Wildman–Crippen LogP) is 17.3. The quantitative estimate of drug-likeness (QED) is 0.118. The van der Waals surface area contributed by atoms with Crippen molar-refractivity contribution in [2.75, 3.05) is 4.90 Å². The van der Waals surface area contributed by atoms with Crippen LogP contribution in [0.3, 0.4) is 0 Å². The van der Waals surface area contributed by atoms with E-state index in [0.29, 0.717) is 0 Å². The van der Waals surface area contributed by atoms with Crippen molar-refractivity contribution in [3.8, 4) is 33.4 Å². The zero-order chi connectivity index (χ0) is 43.3. The Kier molecular flexibility index (Phi) is 11.1. The Labute approximate surface area is 378 Å². The standard InChI is InChI=1S/C63H49N/c1-63(2)61-16-10-9-15-59(61)60-44-29-51(45-62(60)63)22-21-50-27-40-57(41-28-50)64(56-38-25-49(26-39-56)20-18-47-13-7-4-8-14-47)58-42-36-55(37-43-58)54-34-32-53(33-35-54)52-30-23-48(24-31-52)19-17-46-11-5-3-6-12-46/h3-45H,1-2H3. The topological polar surface area (TPSA) is 3.24 Å². The molecule has 0 spiro atoms. The molecule has 9 aromatic carbocycles. The normalized spacial score (nSPS) is 12.8. The lowest BCUT2D eigenvalue weighted by Crippen LogP contribution is -2.14. The molecule has 0 radical (unpaired) electrons. The highest BCUT2D eigenvalue weighted by atomic mass is 15.1. The molecule has 0 N–H and O–H groups in total. The third-order valence-electron chi connectivity index (χ3n) is 12.5. The van der Waals surface area contributed by atoms with Gasteiger partial charge in [0.15, 0.2) is 0 Å². The lowest BCUT2D eigenvalue weighted by Gasteiger charge is -2.26. The Morgan fingerprint density at radius 3 is 1.06 bits per heavy atom. The van der Waals surface area contributed by atoms with Crippen LogP contribution in [-0.4, -0.2) is 0 Å². The summed E-state index contributed by atoms with van der Waals surface area (Å²) in [6.07, 6.45) is 13.1. The minimum atomic E-state index is -0.0188. The molecule has 0 saturated carbocycles. The molecule has 0 aromatic heterocycles. The van der Waals surface area contributed by atoms with E-state index in [4.69, 9.17) is 0 Å². The van der Waals surface area contributed by atoms with Crippen LogP contribution in [0.1, 0.15) is 58.4 Å². The van der Waals surface area contributed by atoms with Crippen LogP contribution in [0, 0.1) is 0 Å². The van der Waals surface area contributed by atoms with E-state index in [1.54, 1.807) is 0 Å². The predicted molar refractivity (Wildman–Crippen MR) is 276 cm³/mol. The number of anilines is 3. The Morgan fingerprint density at radius 2 is 0.594 bits per heavy atom. The van der Waals surface area contributed by atoms with Gasteiger partial charge in [-0.25, -0.2) is 0 Å². The molecule has 9 aromatic rings. The van der Waals surface area contributed by atoms with Crippen molar-refractivity contribution in [3.05, 3.63) is 269 Å². The summed E-state index contributed by atoms with van der Waals surface area (Å²) in [6, 6.07) is 80.8. The molecule has 10 rings (SSSR count). The summed E-state index contributed by atoms with van der Waals surface area (Å²) >= 11 is 0. The lowest BCUT2D eigenvalue weighted by atomic mass is 9.82. The van der Waals surface area contributed by atoms with E-state index < -0.39 is 0 Å². The van der Waals surface area contributed by atoms with Crippen LogP contribution < -0.4 is 4.90 Å². The summed E-state index contributed by atoms with van der Waals surface area (Å²) in [7, 11) is 0. The molecule has 0 fully saturated rings. The van der Waals surface area contributed by atoms with E-state index in [2.05, 4.69) is 268 Å². The Hall–Kier alpha value is -8.00. The van der Waals surface area contributed by atoms with Crippen LogP contribution in [0.4, 0.5) is 17.1 Å². The summed E-state index contributed by atoms with van der Waals surface area (Å²) < 4.78 is 0. The first-order valence-corrected chi connectivity index (χ1v) is 22.1. The highest BCUT2D eigenvalue weighted by Crippen LogP contribution is 2.49. The highest BCUT2D eigenvalue weighted by molar-refractivity contribution is 5.84. The summed E-state index contributed by atoms with van der Waals surface area (Å²) in [5, 5.41) is 0. The smallest absolute Gasteiger partial charge is 0.0462 e. The fourth-order valence-electron chi connectivity index (χ4n) is 8.89. The van der Waals surface area contributed by atoms with Gasteiger partial charge in [-0.3, -0.25) is 0 Å². The van der Waals surface area contributed by atoms with Gasteiger partial charge in [-0.1, -0.05) is 238 Å². The second kappa shape index (κ2) is 17.8. The van der Waals surface area contributed by atoms with Crippen molar-refractivity contribution in [3.63, 3.8) is 0 Å². The van der Waals surface area contributed by atoms with Crippen molar-refractivity contribution < 1.29 is 0 Å². The van der Waals surface area contributed by atoms with Crippen LogP contribution in [0.2, 0.25) is 0 Å². The van der Waals surface area contributed by atoms with Crippen molar-refractivity contribution in [1.29, 1.82) is 0 Å². The van der Waals surface area contributed by atoms with Gasteiger partial charge in [-0.05, 0) is 114 Å². The average molecular weight is 820 g/mol. The van der Waals surface area contributed by atoms with Gasteiger partial charge in [0, 0.05) is 22.5 Å². The zero-order valence-electron chi connectivity index (χ0n) is 36.3. The van der Waals surface area contributed by atoms with E-state index in [9.17, 15) is 0 Å². The monoisotopic (exact) mass is 819 g/mol. The Bertz CT molecular complexity index is 3100. The molecule has 306 valence electrons. The van der Waals surface area contributed by atoms with E-state index in [1.807, 2.05) is 12.1 Å². The van der Waals surface area contributed by atoms with Crippen LogP contribution in [0.25, 0.3) is 69.8 Å². The van der Waals surface area contributed by atoms with Crippen LogP contribution in [-0.2, 0) is 5.41 Å². The molecule has 0 saturated heterocycles. The van der Waals surface area contributed by atoms with E-state index in [-0.39, 0.29) is 5.41 Å².